The van der Waals surface area contributed by atoms with Gasteiger partial charge in [-0.15, -0.1) is 0 Å². The monoisotopic (exact) mass is 493 g/mol. The van der Waals surface area contributed by atoms with E-state index in [1.54, 1.807) is 42.5 Å². The molecule has 36 heavy (non-hydrogen) atoms. The molecule has 2 unspecified atom stereocenters. The first-order valence-corrected chi connectivity index (χ1v) is 11.6. The summed E-state index contributed by atoms with van der Waals surface area (Å²) in [5, 5.41) is 18.3. The highest BCUT2D eigenvalue weighted by Crippen LogP contribution is 2.44. The van der Waals surface area contributed by atoms with Crippen LogP contribution in [-0.2, 0) is 23.8 Å². The average Bonchev–Trinajstić information content (AvgIpc) is 3.42. The molecule has 184 valence electrons. The van der Waals surface area contributed by atoms with Gasteiger partial charge in [0.1, 0.15) is 17.6 Å². The highest BCUT2D eigenvalue weighted by atomic mass is 19.4. The van der Waals surface area contributed by atoms with Crippen LogP contribution in [0.1, 0.15) is 63.8 Å². The molecule has 8 heteroatoms. The smallest absolute Gasteiger partial charge is 0.416 e. The average molecular weight is 493 g/mol. The van der Waals surface area contributed by atoms with Crippen LogP contribution in [-0.4, -0.2) is 17.7 Å². The second-order valence-electron chi connectivity index (χ2n) is 9.10. The van der Waals surface area contributed by atoms with Crippen LogP contribution in [0.2, 0.25) is 0 Å². The number of fused-ring (bicyclic) bond motifs is 2. The molecule has 0 radical (unpaired) electrons. The lowest BCUT2D eigenvalue weighted by atomic mass is 9.91. The van der Waals surface area contributed by atoms with Crippen LogP contribution in [0.3, 0.4) is 0 Å². The maximum atomic E-state index is 13.9. The van der Waals surface area contributed by atoms with Crippen molar-refractivity contribution in [2.75, 3.05) is 6.61 Å². The number of ether oxygens (including phenoxy) is 2. The molecule has 0 fully saturated rings. The van der Waals surface area contributed by atoms with E-state index in [1.807, 2.05) is 6.07 Å². The number of carboxylic acids is 1. The second kappa shape index (κ2) is 9.23. The molecule has 1 N–H and O–H groups in total. The van der Waals surface area contributed by atoms with Crippen LogP contribution in [0, 0.1) is 11.3 Å². The van der Waals surface area contributed by atoms with Crippen LogP contribution in [0.4, 0.5) is 13.2 Å². The number of hydrogen-bond donors (Lipinski definition) is 1. The number of aliphatic carboxylic acids is 1. The zero-order valence-corrected chi connectivity index (χ0v) is 19.1. The van der Waals surface area contributed by atoms with Gasteiger partial charge >= 0.3 is 12.1 Å². The standard InChI is InChI=1S/C28H22F3NO4/c29-28(30,31)24-8-6-22-21(23(24)11-16-2-1-3-17(10-16)14-32)7-9-25(22)36-19-4-5-20-18(12-27(33)34)15-35-26(20)13-19/h1-6,8,10,13,18,25H,7,9,11-12,15H2,(H,33,34). The SMILES string of the molecule is N#Cc1cccc(Cc2c(C(F)(F)F)ccc3c2CCC3Oc2ccc3c(c2)OCC3CC(=O)O)c1. The second-order valence-corrected chi connectivity index (χ2v) is 9.10. The Bertz CT molecular complexity index is 1380. The molecule has 3 aromatic rings. The lowest BCUT2D eigenvalue weighted by Gasteiger charge is -2.20. The highest BCUT2D eigenvalue weighted by Gasteiger charge is 2.37. The first-order valence-electron chi connectivity index (χ1n) is 11.6. The normalized spacial score (nSPS) is 18.2. The van der Waals surface area contributed by atoms with Crippen molar-refractivity contribution in [2.24, 2.45) is 0 Å². The lowest BCUT2D eigenvalue weighted by Crippen LogP contribution is -2.13. The molecular formula is C28H22F3NO4. The fourth-order valence-electron chi connectivity index (χ4n) is 5.16. The fraction of sp³-hybridized carbons (Fsp3) is 0.286. The molecule has 0 amide bonds. The number of hydrogen-bond acceptors (Lipinski definition) is 4. The topological polar surface area (TPSA) is 79.5 Å². The van der Waals surface area contributed by atoms with E-state index in [0.717, 1.165) is 17.2 Å². The molecule has 1 aliphatic carbocycles. The van der Waals surface area contributed by atoms with Crippen molar-refractivity contribution in [3.8, 4) is 17.6 Å². The van der Waals surface area contributed by atoms with Gasteiger partial charge in [0, 0.05) is 17.5 Å². The third-order valence-corrected chi connectivity index (χ3v) is 6.78. The largest absolute Gasteiger partial charge is 0.492 e. The van der Waals surface area contributed by atoms with Crippen LogP contribution >= 0.6 is 0 Å². The third-order valence-electron chi connectivity index (χ3n) is 6.78. The predicted molar refractivity (Wildman–Crippen MR) is 124 cm³/mol. The summed E-state index contributed by atoms with van der Waals surface area (Å²) in [5.41, 5.74) is 2.77. The molecule has 2 aliphatic rings. The molecule has 0 saturated heterocycles. The number of carboxylic acid groups (broad SMARTS) is 1. The van der Waals surface area contributed by atoms with Crippen molar-refractivity contribution in [1.82, 2.24) is 0 Å². The molecule has 5 nitrogen and oxygen atoms in total. The maximum Gasteiger partial charge on any atom is 0.416 e. The Kier molecular flexibility index (Phi) is 6.09. The Hall–Kier alpha value is -3.99. The Labute approximate surface area is 205 Å². The Morgan fingerprint density at radius 3 is 2.69 bits per heavy atom. The van der Waals surface area contributed by atoms with Crippen molar-refractivity contribution in [3.05, 3.63) is 93.5 Å². The van der Waals surface area contributed by atoms with Gasteiger partial charge < -0.3 is 14.6 Å². The minimum atomic E-state index is -4.50. The summed E-state index contributed by atoms with van der Waals surface area (Å²) in [6, 6.07) is 16.5. The molecule has 0 saturated carbocycles. The summed E-state index contributed by atoms with van der Waals surface area (Å²) < 4.78 is 53.6. The van der Waals surface area contributed by atoms with E-state index in [9.17, 15) is 23.2 Å². The molecule has 3 aromatic carbocycles. The van der Waals surface area contributed by atoms with Gasteiger partial charge in [0.2, 0.25) is 0 Å². The summed E-state index contributed by atoms with van der Waals surface area (Å²) in [6.45, 7) is 0.286. The van der Waals surface area contributed by atoms with E-state index in [2.05, 4.69) is 0 Å². The number of alkyl halides is 3. The number of rotatable bonds is 6. The van der Waals surface area contributed by atoms with Crippen molar-refractivity contribution >= 4 is 5.97 Å². The van der Waals surface area contributed by atoms with E-state index in [0.29, 0.717) is 41.0 Å². The third kappa shape index (κ3) is 4.61. The molecular weight excluding hydrogens is 471 g/mol. The summed E-state index contributed by atoms with van der Waals surface area (Å²) in [7, 11) is 0. The minimum absolute atomic E-state index is 0.0230. The van der Waals surface area contributed by atoms with Gasteiger partial charge in [-0.2, -0.15) is 18.4 Å². The quantitative estimate of drug-likeness (QED) is 0.443. The van der Waals surface area contributed by atoms with E-state index in [-0.39, 0.29) is 30.9 Å². The van der Waals surface area contributed by atoms with Gasteiger partial charge in [0.05, 0.1) is 30.2 Å². The van der Waals surface area contributed by atoms with Crippen molar-refractivity contribution in [1.29, 1.82) is 5.26 Å². The van der Waals surface area contributed by atoms with Crippen molar-refractivity contribution in [3.63, 3.8) is 0 Å². The zero-order chi connectivity index (χ0) is 25.4. The Morgan fingerprint density at radius 1 is 1.14 bits per heavy atom. The molecule has 0 bridgehead atoms. The van der Waals surface area contributed by atoms with Gasteiger partial charge in [-0.1, -0.05) is 24.3 Å². The molecule has 2 atom stereocenters. The van der Waals surface area contributed by atoms with E-state index < -0.39 is 23.8 Å². The number of halogens is 3. The number of carbonyl (C=O) groups is 1. The van der Waals surface area contributed by atoms with Gasteiger partial charge in [-0.25, -0.2) is 0 Å². The summed E-state index contributed by atoms with van der Waals surface area (Å²) >= 11 is 0. The van der Waals surface area contributed by atoms with Crippen molar-refractivity contribution in [2.45, 2.75) is 43.9 Å². The fourth-order valence-corrected chi connectivity index (χ4v) is 5.16. The van der Waals surface area contributed by atoms with Gasteiger partial charge in [0.15, 0.2) is 0 Å². The van der Waals surface area contributed by atoms with Crippen molar-refractivity contribution < 1.29 is 32.5 Å². The number of benzene rings is 3. The summed E-state index contributed by atoms with van der Waals surface area (Å²) in [6.07, 6.45) is -3.90. The summed E-state index contributed by atoms with van der Waals surface area (Å²) in [4.78, 5) is 11.1. The predicted octanol–water partition coefficient (Wildman–Crippen LogP) is 6.18. The highest BCUT2D eigenvalue weighted by molar-refractivity contribution is 5.68. The van der Waals surface area contributed by atoms with Crippen LogP contribution in [0.25, 0.3) is 0 Å². The first kappa shape index (κ1) is 23.7. The molecule has 1 aliphatic heterocycles. The minimum Gasteiger partial charge on any atom is -0.492 e. The van der Waals surface area contributed by atoms with E-state index in [1.165, 1.54) is 6.07 Å². The zero-order valence-electron chi connectivity index (χ0n) is 19.1. The number of nitriles is 1. The van der Waals surface area contributed by atoms with Gasteiger partial charge in [-0.3, -0.25) is 4.79 Å². The summed E-state index contributed by atoms with van der Waals surface area (Å²) in [5.74, 6) is -0.0254. The van der Waals surface area contributed by atoms with Crippen LogP contribution in [0.15, 0.2) is 54.6 Å². The van der Waals surface area contributed by atoms with Gasteiger partial charge in [0.25, 0.3) is 0 Å². The lowest BCUT2D eigenvalue weighted by molar-refractivity contribution is -0.138. The molecule has 0 aromatic heterocycles. The maximum absolute atomic E-state index is 13.9. The van der Waals surface area contributed by atoms with Gasteiger partial charge in [-0.05, 0) is 65.8 Å². The Morgan fingerprint density at radius 2 is 1.94 bits per heavy atom. The number of nitrogens with zero attached hydrogens (tertiary/aromatic N) is 1. The van der Waals surface area contributed by atoms with Crippen LogP contribution in [0.5, 0.6) is 11.5 Å². The molecule has 1 heterocycles. The van der Waals surface area contributed by atoms with Crippen LogP contribution < -0.4 is 9.47 Å². The van der Waals surface area contributed by atoms with E-state index >= 15 is 0 Å². The molecule has 5 rings (SSSR count). The molecule has 0 spiro atoms. The first-order chi connectivity index (χ1) is 17.2. The Balaban J connectivity index is 1.44. The van der Waals surface area contributed by atoms with E-state index in [4.69, 9.17) is 14.6 Å².